The molecule has 0 spiro atoms. The Morgan fingerprint density at radius 1 is 1.25 bits per heavy atom. The van der Waals surface area contributed by atoms with E-state index in [0.29, 0.717) is 38.8 Å². The first-order valence-corrected chi connectivity index (χ1v) is 8.87. The Labute approximate surface area is 144 Å². The van der Waals surface area contributed by atoms with Gasteiger partial charge in [-0.1, -0.05) is 37.3 Å². The van der Waals surface area contributed by atoms with Gasteiger partial charge in [0, 0.05) is 38.4 Å². The molecule has 2 rings (SSSR count). The Bertz CT molecular complexity index is 525. The van der Waals surface area contributed by atoms with E-state index in [-0.39, 0.29) is 24.3 Å². The van der Waals surface area contributed by atoms with Crippen molar-refractivity contribution in [1.29, 1.82) is 0 Å². The number of amides is 2. The normalized spacial score (nSPS) is 16.7. The predicted octanol–water partition coefficient (Wildman–Crippen LogP) is 1.74. The molecule has 5 nitrogen and oxygen atoms in total. The second-order valence-electron chi connectivity index (χ2n) is 6.49. The predicted molar refractivity (Wildman–Crippen MR) is 93.4 cm³/mol. The van der Waals surface area contributed by atoms with Gasteiger partial charge in [0.1, 0.15) is 0 Å². The van der Waals surface area contributed by atoms with Crippen molar-refractivity contribution in [3.8, 4) is 0 Å². The van der Waals surface area contributed by atoms with Gasteiger partial charge in [-0.25, -0.2) is 0 Å². The number of rotatable bonds is 7. The number of hydrogen-bond acceptors (Lipinski definition) is 3. The minimum atomic E-state index is -0.581. The zero-order chi connectivity index (χ0) is 17.4. The van der Waals surface area contributed by atoms with E-state index in [9.17, 15) is 14.7 Å². The van der Waals surface area contributed by atoms with Gasteiger partial charge in [0.25, 0.3) is 0 Å². The molecule has 1 unspecified atom stereocenters. The number of aliphatic hydroxyl groups is 1. The maximum atomic E-state index is 12.2. The fourth-order valence-electron chi connectivity index (χ4n) is 3.08. The molecule has 1 aliphatic heterocycles. The SMILES string of the molecule is CCCC(=O)N1CCC(C(=O)NCC(O)Cc2ccccc2)CC1. The van der Waals surface area contributed by atoms with Crippen molar-refractivity contribution in [1.82, 2.24) is 10.2 Å². The van der Waals surface area contributed by atoms with E-state index in [1.54, 1.807) is 0 Å². The molecule has 1 fully saturated rings. The van der Waals surface area contributed by atoms with E-state index in [1.165, 1.54) is 0 Å². The van der Waals surface area contributed by atoms with Crippen LogP contribution in [-0.2, 0) is 16.0 Å². The third kappa shape index (κ3) is 5.64. The molecule has 0 aromatic heterocycles. The first-order valence-electron chi connectivity index (χ1n) is 8.87. The van der Waals surface area contributed by atoms with Crippen molar-refractivity contribution in [2.45, 2.75) is 45.1 Å². The monoisotopic (exact) mass is 332 g/mol. The highest BCUT2D eigenvalue weighted by Crippen LogP contribution is 2.18. The molecule has 1 aromatic carbocycles. The minimum Gasteiger partial charge on any atom is -0.391 e. The van der Waals surface area contributed by atoms with Crippen LogP contribution in [0.25, 0.3) is 0 Å². The Kier molecular flexibility index (Phi) is 7.25. The van der Waals surface area contributed by atoms with E-state index in [1.807, 2.05) is 42.2 Å². The molecule has 5 heteroatoms. The van der Waals surface area contributed by atoms with Crippen molar-refractivity contribution in [3.05, 3.63) is 35.9 Å². The number of benzene rings is 1. The second-order valence-corrected chi connectivity index (χ2v) is 6.49. The summed E-state index contributed by atoms with van der Waals surface area (Å²) in [4.78, 5) is 25.9. The third-order valence-electron chi connectivity index (χ3n) is 4.51. The summed E-state index contributed by atoms with van der Waals surface area (Å²) in [5.41, 5.74) is 1.06. The Balaban J connectivity index is 1.69. The van der Waals surface area contributed by atoms with Gasteiger partial charge < -0.3 is 15.3 Å². The largest absolute Gasteiger partial charge is 0.391 e. The highest BCUT2D eigenvalue weighted by molar-refractivity contribution is 5.80. The molecule has 2 N–H and O–H groups in total. The molecule has 2 amide bonds. The quantitative estimate of drug-likeness (QED) is 0.799. The molecular weight excluding hydrogens is 304 g/mol. The first kappa shape index (κ1) is 18.5. The average molecular weight is 332 g/mol. The fraction of sp³-hybridized carbons (Fsp3) is 0.579. The number of aliphatic hydroxyl groups excluding tert-OH is 1. The van der Waals surface area contributed by atoms with Gasteiger partial charge >= 0.3 is 0 Å². The number of nitrogens with zero attached hydrogens (tertiary/aromatic N) is 1. The van der Waals surface area contributed by atoms with Gasteiger partial charge in [-0.3, -0.25) is 9.59 Å². The van der Waals surface area contributed by atoms with Crippen molar-refractivity contribution in [2.24, 2.45) is 5.92 Å². The summed E-state index contributed by atoms with van der Waals surface area (Å²) in [6.45, 7) is 3.58. The molecule has 0 aliphatic carbocycles. The summed E-state index contributed by atoms with van der Waals surface area (Å²) >= 11 is 0. The molecule has 1 aromatic rings. The topological polar surface area (TPSA) is 69.6 Å². The van der Waals surface area contributed by atoms with Gasteiger partial charge in [0.05, 0.1) is 6.10 Å². The molecular formula is C19H28N2O3. The van der Waals surface area contributed by atoms with Crippen molar-refractivity contribution in [3.63, 3.8) is 0 Å². The molecule has 1 atom stereocenters. The van der Waals surface area contributed by atoms with Gasteiger partial charge in [-0.2, -0.15) is 0 Å². The number of carbonyl (C=O) groups is 2. The highest BCUT2D eigenvalue weighted by Gasteiger charge is 2.27. The Morgan fingerprint density at radius 3 is 2.54 bits per heavy atom. The third-order valence-corrected chi connectivity index (χ3v) is 4.51. The lowest BCUT2D eigenvalue weighted by atomic mass is 9.95. The van der Waals surface area contributed by atoms with Crippen molar-refractivity contribution in [2.75, 3.05) is 19.6 Å². The van der Waals surface area contributed by atoms with Crippen molar-refractivity contribution < 1.29 is 14.7 Å². The lowest BCUT2D eigenvalue weighted by Crippen LogP contribution is -2.44. The van der Waals surface area contributed by atoms with Gasteiger partial charge in [-0.15, -0.1) is 0 Å². The number of carbonyl (C=O) groups excluding carboxylic acids is 2. The number of likely N-dealkylation sites (tertiary alicyclic amines) is 1. The Hall–Kier alpha value is -1.88. The zero-order valence-corrected chi connectivity index (χ0v) is 14.4. The Morgan fingerprint density at radius 2 is 1.92 bits per heavy atom. The van der Waals surface area contributed by atoms with Gasteiger partial charge in [0.2, 0.25) is 11.8 Å². The number of nitrogens with one attached hydrogen (secondary N) is 1. The van der Waals surface area contributed by atoms with E-state index >= 15 is 0 Å². The van der Waals surface area contributed by atoms with E-state index in [2.05, 4.69) is 5.32 Å². The summed E-state index contributed by atoms with van der Waals surface area (Å²) in [6, 6.07) is 9.75. The number of hydrogen-bond donors (Lipinski definition) is 2. The van der Waals surface area contributed by atoms with Crippen LogP contribution in [0.2, 0.25) is 0 Å². The summed E-state index contributed by atoms with van der Waals surface area (Å²) < 4.78 is 0. The molecule has 24 heavy (non-hydrogen) atoms. The van der Waals surface area contributed by atoms with Crippen LogP contribution >= 0.6 is 0 Å². The second kappa shape index (κ2) is 9.42. The first-order chi connectivity index (χ1) is 11.6. The molecule has 1 heterocycles. The molecule has 132 valence electrons. The smallest absolute Gasteiger partial charge is 0.223 e. The zero-order valence-electron chi connectivity index (χ0n) is 14.4. The summed E-state index contributed by atoms with van der Waals surface area (Å²) in [5, 5.41) is 12.9. The summed E-state index contributed by atoms with van der Waals surface area (Å²) in [6.07, 6.45) is 2.81. The van der Waals surface area contributed by atoms with E-state index in [0.717, 1.165) is 12.0 Å². The molecule has 1 saturated heterocycles. The van der Waals surface area contributed by atoms with Crippen LogP contribution in [-0.4, -0.2) is 47.6 Å². The number of piperidine rings is 1. The molecule has 0 saturated carbocycles. The van der Waals surface area contributed by atoms with Crippen LogP contribution in [0.5, 0.6) is 0 Å². The van der Waals surface area contributed by atoms with Crippen LogP contribution in [0.1, 0.15) is 38.2 Å². The average Bonchev–Trinajstić information content (AvgIpc) is 2.61. The molecule has 0 bridgehead atoms. The van der Waals surface area contributed by atoms with Crippen LogP contribution < -0.4 is 5.32 Å². The van der Waals surface area contributed by atoms with E-state index < -0.39 is 6.10 Å². The van der Waals surface area contributed by atoms with Crippen LogP contribution in [0.3, 0.4) is 0 Å². The van der Waals surface area contributed by atoms with Crippen LogP contribution in [0, 0.1) is 5.92 Å². The van der Waals surface area contributed by atoms with E-state index in [4.69, 9.17) is 0 Å². The minimum absolute atomic E-state index is 0.00954. The van der Waals surface area contributed by atoms with Crippen LogP contribution in [0.15, 0.2) is 30.3 Å². The fourth-order valence-corrected chi connectivity index (χ4v) is 3.08. The van der Waals surface area contributed by atoms with Gasteiger partial charge in [0.15, 0.2) is 0 Å². The molecule has 0 radical (unpaired) electrons. The summed E-state index contributed by atoms with van der Waals surface area (Å²) in [7, 11) is 0. The highest BCUT2D eigenvalue weighted by atomic mass is 16.3. The maximum absolute atomic E-state index is 12.2. The summed E-state index contributed by atoms with van der Waals surface area (Å²) in [5.74, 6) is 0.124. The van der Waals surface area contributed by atoms with Crippen LogP contribution in [0.4, 0.5) is 0 Å². The van der Waals surface area contributed by atoms with Crippen molar-refractivity contribution >= 4 is 11.8 Å². The molecule has 1 aliphatic rings. The van der Waals surface area contributed by atoms with Gasteiger partial charge in [-0.05, 0) is 24.8 Å². The maximum Gasteiger partial charge on any atom is 0.223 e. The standard InChI is InChI=1S/C19H28N2O3/c1-2-6-18(23)21-11-9-16(10-12-21)19(24)20-14-17(22)13-15-7-4-3-5-8-15/h3-5,7-8,16-17,22H,2,6,9-14H2,1H3,(H,20,24). The lowest BCUT2D eigenvalue weighted by molar-refractivity contribution is -0.135. The lowest BCUT2D eigenvalue weighted by Gasteiger charge is -2.31.